The van der Waals surface area contributed by atoms with Crippen LogP contribution in [-0.4, -0.2) is 26.8 Å². The first kappa shape index (κ1) is 14.2. The van der Waals surface area contributed by atoms with Crippen LogP contribution in [0.5, 0.6) is 11.5 Å². The smallest absolute Gasteiger partial charge is 0.160 e. The van der Waals surface area contributed by atoms with Gasteiger partial charge in [-0.2, -0.15) is 0 Å². The molecular formula is C16H25NO2. The van der Waals surface area contributed by atoms with Crippen LogP contribution < -0.4 is 14.8 Å². The van der Waals surface area contributed by atoms with Crippen molar-refractivity contribution in [3.05, 3.63) is 23.8 Å². The van der Waals surface area contributed by atoms with Crippen molar-refractivity contribution >= 4 is 0 Å². The summed E-state index contributed by atoms with van der Waals surface area (Å²) in [5, 5.41) is 3.67. The molecule has 0 spiro atoms. The molecule has 0 aromatic heterocycles. The van der Waals surface area contributed by atoms with Crippen LogP contribution >= 0.6 is 0 Å². The quantitative estimate of drug-likeness (QED) is 0.782. The Hall–Kier alpha value is -1.22. The van der Waals surface area contributed by atoms with E-state index in [9.17, 15) is 0 Å². The third-order valence-electron chi connectivity index (χ3n) is 3.81. The van der Waals surface area contributed by atoms with Crippen molar-refractivity contribution in [1.82, 2.24) is 5.32 Å². The molecule has 1 aliphatic carbocycles. The van der Waals surface area contributed by atoms with E-state index in [1.165, 1.54) is 24.9 Å². The lowest BCUT2D eigenvalue weighted by atomic mass is 10.0. The van der Waals surface area contributed by atoms with Gasteiger partial charge in [0.25, 0.3) is 0 Å². The Morgan fingerprint density at radius 1 is 1.21 bits per heavy atom. The Kier molecular flexibility index (Phi) is 5.08. The fourth-order valence-corrected chi connectivity index (χ4v) is 2.31. The molecular weight excluding hydrogens is 238 g/mol. The first-order valence-electron chi connectivity index (χ1n) is 7.21. The van der Waals surface area contributed by atoms with Crippen molar-refractivity contribution in [2.75, 3.05) is 20.8 Å². The molecule has 3 heteroatoms. The lowest BCUT2D eigenvalue weighted by Gasteiger charge is -2.18. The van der Waals surface area contributed by atoms with E-state index in [1.807, 2.05) is 6.07 Å². The predicted molar refractivity (Wildman–Crippen MR) is 78.1 cm³/mol. The number of methoxy groups -OCH3 is 2. The second kappa shape index (κ2) is 6.80. The predicted octanol–water partition coefficient (Wildman–Crippen LogP) is 3.02. The van der Waals surface area contributed by atoms with Gasteiger partial charge in [0, 0.05) is 6.04 Å². The Bertz CT molecular complexity index is 402. The molecule has 3 nitrogen and oxygen atoms in total. The number of hydrogen-bond donors (Lipinski definition) is 1. The van der Waals surface area contributed by atoms with E-state index in [0.29, 0.717) is 6.04 Å². The summed E-state index contributed by atoms with van der Waals surface area (Å²) in [5.41, 5.74) is 1.30. The van der Waals surface area contributed by atoms with Crippen LogP contribution in [0.3, 0.4) is 0 Å². The van der Waals surface area contributed by atoms with Gasteiger partial charge in [-0.3, -0.25) is 0 Å². The molecule has 0 aliphatic heterocycles. The Morgan fingerprint density at radius 2 is 1.95 bits per heavy atom. The first-order valence-corrected chi connectivity index (χ1v) is 7.21. The largest absolute Gasteiger partial charge is 0.493 e. The maximum Gasteiger partial charge on any atom is 0.160 e. The minimum Gasteiger partial charge on any atom is -0.493 e. The van der Waals surface area contributed by atoms with Gasteiger partial charge in [-0.05, 0) is 55.8 Å². The molecule has 1 aromatic rings. The Morgan fingerprint density at radius 3 is 2.53 bits per heavy atom. The number of hydrogen-bond acceptors (Lipinski definition) is 3. The van der Waals surface area contributed by atoms with Crippen molar-refractivity contribution in [2.24, 2.45) is 5.92 Å². The van der Waals surface area contributed by atoms with E-state index < -0.39 is 0 Å². The molecule has 1 N–H and O–H groups in total. The highest BCUT2D eigenvalue weighted by molar-refractivity contribution is 5.43. The molecule has 1 saturated carbocycles. The summed E-state index contributed by atoms with van der Waals surface area (Å²) < 4.78 is 10.6. The monoisotopic (exact) mass is 263 g/mol. The topological polar surface area (TPSA) is 30.5 Å². The van der Waals surface area contributed by atoms with Crippen LogP contribution in [0.2, 0.25) is 0 Å². The third-order valence-corrected chi connectivity index (χ3v) is 3.81. The molecule has 1 unspecified atom stereocenters. The molecule has 0 saturated heterocycles. The van der Waals surface area contributed by atoms with Crippen LogP contribution in [0.15, 0.2) is 18.2 Å². The van der Waals surface area contributed by atoms with Gasteiger partial charge >= 0.3 is 0 Å². The molecule has 0 heterocycles. The fourth-order valence-electron chi connectivity index (χ4n) is 2.31. The average molecular weight is 263 g/mol. The molecule has 19 heavy (non-hydrogen) atoms. The molecule has 0 radical (unpaired) electrons. The van der Waals surface area contributed by atoms with E-state index in [4.69, 9.17) is 9.47 Å². The van der Waals surface area contributed by atoms with Crippen LogP contribution in [0.4, 0.5) is 0 Å². The molecule has 1 aromatic carbocycles. The van der Waals surface area contributed by atoms with Gasteiger partial charge in [0.1, 0.15) is 0 Å². The van der Waals surface area contributed by atoms with Crippen molar-refractivity contribution in [1.29, 1.82) is 0 Å². The molecule has 1 fully saturated rings. The van der Waals surface area contributed by atoms with E-state index in [1.54, 1.807) is 14.2 Å². The lowest BCUT2D eigenvalue weighted by Crippen LogP contribution is -2.32. The number of rotatable bonds is 8. The fraction of sp³-hybridized carbons (Fsp3) is 0.625. The number of benzene rings is 1. The molecule has 1 aliphatic rings. The average Bonchev–Trinajstić information content (AvgIpc) is 3.27. The summed E-state index contributed by atoms with van der Waals surface area (Å²) in [6.45, 7) is 3.41. The second-order valence-corrected chi connectivity index (χ2v) is 5.35. The van der Waals surface area contributed by atoms with Crippen LogP contribution in [0, 0.1) is 5.92 Å². The van der Waals surface area contributed by atoms with E-state index >= 15 is 0 Å². The summed E-state index contributed by atoms with van der Waals surface area (Å²) in [5.74, 6) is 2.54. The van der Waals surface area contributed by atoms with Crippen molar-refractivity contribution in [3.8, 4) is 11.5 Å². The Balaban J connectivity index is 1.95. The maximum atomic E-state index is 5.35. The minimum absolute atomic E-state index is 0.554. The highest BCUT2D eigenvalue weighted by Gasteiger charge is 2.21. The second-order valence-electron chi connectivity index (χ2n) is 5.35. The van der Waals surface area contributed by atoms with E-state index in [0.717, 1.165) is 30.3 Å². The summed E-state index contributed by atoms with van der Waals surface area (Å²) in [6, 6.07) is 6.75. The summed E-state index contributed by atoms with van der Waals surface area (Å²) in [7, 11) is 3.36. The molecule has 0 amide bonds. The maximum absolute atomic E-state index is 5.35. The summed E-state index contributed by atoms with van der Waals surface area (Å²) in [6.07, 6.45) is 5.00. The van der Waals surface area contributed by atoms with Crippen LogP contribution in [0.1, 0.15) is 31.7 Å². The molecule has 0 bridgehead atoms. The number of nitrogens with one attached hydrogen (secondary N) is 1. The zero-order valence-corrected chi connectivity index (χ0v) is 12.2. The molecule has 106 valence electrons. The van der Waals surface area contributed by atoms with Crippen LogP contribution in [0.25, 0.3) is 0 Å². The molecule has 2 rings (SSSR count). The summed E-state index contributed by atoms with van der Waals surface area (Å²) >= 11 is 0. The van der Waals surface area contributed by atoms with Gasteiger partial charge in [-0.1, -0.05) is 13.0 Å². The summed E-state index contributed by atoms with van der Waals surface area (Å²) in [4.78, 5) is 0. The van der Waals surface area contributed by atoms with Gasteiger partial charge in [0.05, 0.1) is 14.2 Å². The zero-order chi connectivity index (χ0) is 13.7. The van der Waals surface area contributed by atoms with Crippen molar-refractivity contribution in [2.45, 2.75) is 38.6 Å². The lowest BCUT2D eigenvalue weighted by molar-refractivity contribution is 0.354. The van der Waals surface area contributed by atoms with Gasteiger partial charge in [-0.15, -0.1) is 0 Å². The van der Waals surface area contributed by atoms with Crippen molar-refractivity contribution < 1.29 is 9.47 Å². The normalized spacial score (nSPS) is 16.2. The van der Waals surface area contributed by atoms with Gasteiger partial charge in [0.2, 0.25) is 0 Å². The third kappa shape index (κ3) is 4.13. The van der Waals surface area contributed by atoms with Crippen LogP contribution in [-0.2, 0) is 6.42 Å². The Labute approximate surface area is 116 Å². The SMILES string of the molecule is CCC(Cc1ccc(OC)c(OC)c1)NCC1CC1. The molecule has 1 atom stereocenters. The van der Waals surface area contributed by atoms with Crippen molar-refractivity contribution in [3.63, 3.8) is 0 Å². The van der Waals surface area contributed by atoms with Gasteiger partial charge in [0.15, 0.2) is 11.5 Å². The first-order chi connectivity index (χ1) is 9.26. The van der Waals surface area contributed by atoms with Gasteiger partial charge < -0.3 is 14.8 Å². The standard InChI is InChI=1S/C16H25NO2/c1-4-14(17-11-12-5-6-12)9-13-7-8-15(18-2)16(10-13)19-3/h7-8,10,12,14,17H,4-6,9,11H2,1-3H3. The number of ether oxygens (including phenoxy) is 2. The van der Waals surface area contributed by atoms with E-state index in [2.05, 4.69) is 24.4 Å². The van der Waals surface area contributed by atoms with E-state index in [-0.39, 0.29) is 0 Å². The van der Waals surface area contributed by atoms with Gasteiger partial charge in [-0.25, -0.2) is 0 Å². The highest BCUT2D eigenvalue weighted by atomic mass is 16.5. The highest BCUT2D eigenvalue weighted by Crippen LogP contribution is 2.29. The minimum atomic E-state index is 0.554. The zero-order valence-electron chi connectivity index (χ0n) is 12.2.